The Balaban J connectivity index is 1.53. The Morgan fingerprint density at radius 3 is 2.48 bits per heavy atom. The van der Waals surface area contributed by atoms with Gasteiger partial charge in [-0.15, -0.1) is 0 Å². The minimum absolute atomic E-state index is 0.00209. The lowest BCUT2D eigenvalue weighted by molar-refractivity contribution is -0.132. The minimum Gasteiger partial charge on any atom is -0.336 e. The molecule has 1 aliphatic rings. The molecule has 1 fully saturated rings. The quantitative estimate of drug-likeness (QED) is 0.774. The predicted molar refractivity (Wildman–Crippen MR) is 104 cm³/mol. The van der Waals surface area contributed by atoms with Crippen molar-refractivity contribution in [3.05, 3.63) is 80.9 Å². The number of aryl methyl sites for hydroxylation is 1. The second-order valence-electron chi connectivity index (χ2n) is 6.85. The number of hydrogen-bond acceptors (Lipinski definition) is 3. The van der Waals surface area contributed by atoms with Crippen LogP contribution in [0, 0.1) is 0 Å². The molecule has 6 heteroatoms. The van der Waals surface area contributed by atoms with Crippen LogP contribution in [-0.2, 0) is 11.3 Å². The second-order valence-corrected chi connectivity index (χ2v) is 6.85. The van der Waals surface area contributed by atoms with Gasteiger partial charge in [0.25, 0.3) is 11.1 Å². The van der Waals surface area contributed by atoms with Gasteiger partial charge in [-0.3, -0.25) is 19.5 Å². The van der Waals surface area contributed by atoms with Crippen LogP contribution in [0.1, 0.15) is 30.9 Å². The largest absolute Gasteiger partial charge is 0.336 e. The van der Waals surface area contributed by atoms with E-state index in [4.69, 9.17) is 0 Å². The van der Waals surface area contributed by atoms with E-state index in [-0.39, 0.29) is 36.0 Å². The van der Waals surface area contributed by atoms with Gasteiger partial charge in [0.2, 0.25) is 5.91 Å². The summed E-state index contributed by atoms with van der Waals surface area (Å²) < 4.78 is 1.25. The lowest BCUT2D eigenvalue weighted by atomic mass is 10.0. The first kappa shape index (κ1) is 17.3. The summed E-state index contributed by atoms with van der Waals surface area (Å²) in [5.41, 5.74) is 0.541. The number of fused-ring (bicyclic) bond motifs is 1. The molecular weight excluding hydrogens is 342 g/mol. The van der Waals surface area contributed by atoms with E-state index in [1.807, 2.05) is 35.2 Å². The summed E-state index contributed by atoms with van der Waals surface area (Å²) in [6, 6.07) is 16.8. The first-order valence-corrected chi connectivity index (χ1v) is 9.21. The summed E-state index contributed by atoms with van der Waals surface area (Å²) in [6.45, 7) is 0.886. The van der Waals surface area contributed by atoms with Crippen LogP contribution in [0.4, 0.5) is 0 Å². The molecule has 0 unspecified atom stereocenters. The Morgan fingerprint density at radius 2 is 1.70 bits per heavy atom. The van der Waals surface area contributed by atoms with Crippen molar-refractivity contribution in [2.24, 2.45) is 0 Å². The third-order valence-electron chi connectivity index (χ3n) is 5.19. The molecule has 0 bridgehead atoms. The molecule has 4 rings (SSSR count). The highest BCUT2D eigenvalue weighted by molar-refractivity contribution is 5.80. The number of carbonyl (C=O) groups is 1. The summed E-state index contributed by atoms with van der Waals surface area (Å²) >= 11 is 0. The molecule has 6 nitrogen and oxygen atoms in total. The van der Waals surface area contributed by atoms with E-state index < -0.39 is 0 Å². The zero-order valence-electron chi connectivity index (χ0n) is 14.9. The lowest BCUT2D eigenvalue weighted by Crippen LogP contribution is -2.34. The number of H-pyrrole nitrogens is 1. The summed E-state index contributed by atoms with van der Waals surface area (Å²) in [6.07, 6.45) is 2.10. The number of aromatic amines is 1. The first-order chi connectivity index (χ1) is 13.1. The van der Waals surface area contributed by atoms with Gasteiger partial charge in [0.15, 0.2) is 0 Å². The summed E-state index contributed by atoms with van der Waals surface area (Å²) in [4.78, 5) is 39.4. The highest BCUT2D eigenvalue weighted by Crippen LogP contribution is 2.32. The van der Waals surface area contributed by atoms with Crippen LogP contribution in [0.15, 0.2) is 64.2 Å². The molecular formula is C21H21N3O3. The summed E-state index contributed by atoms with van der Waals surface area (Å²) in [5, 5.41) is 3.33. The van der Waals surface area contributed by atoms with Crippen molar-refractivity contribution in [1.82, 2.24) is 14.7 Å². The molecule has 27 heavy (non-hydrogen) atoms. The number of hydrogen-bond donors (Lipinski definition) is 1. The standard InChI is InChI=1S/C21H21N3O3/c25-19(23-13-6-11-18(23)15-7-2-1-3-8-15)12-14-24-21(27)17-10-5-4-9-16(17)20(26)22-24/h1-5,7-10,18H,6,11-14H2,(H,22,26)/t18-/m1/s1. The molecule has 0 saturated carbocycles. The van der Waals surface area contributed by atoms with E-state index in [1.54, 1.807) is 24.3 Å². The molecule has 0 radical (unpaired) electrons. The predicted octanol–water partition coefficient (Wildman–Crippen LogP) is 2.44. The zero-order valence-corrected chi connectivity index (χ0v) is 14.9. The number of likely N-dealkylation sites (tertiary alicyclic amines) is 1. The smallest absolute Gasteiger partial charge is 0.273 e. The van der Waals surface area contributed by atoms with Crippen molar-refractivity contribution in [3.8, 4) is 0 Å². The number of nitrogens with zero attached hydrogens (tertiary/aromatic N) is 2. The van der Waals surface area contributed by atoms with Crippen molar-refractivity contribution >= 4 is 16.7 Å². The number of rotatable bonds is 4. The molecule has 1 N–H and O–H groups in total. The number of amides is 1. The van der Waals surface area contributed by atoms with Crippen LogP contribution in [-0.4, -0.2) is 27.1 Å². The van der Waals surface area contributed by atoms with Gasteiger partial charge in [0.05, 0.1) is 23.4 Å². The molecule has 0 aliphatic carbocycles. The Morgan fingerprint density at radius 1 is 1.00 bits per heavy atom. The molecule has 2 heterocycles. The first-order valence-electron chi connectivity index (χ1n) is 9.21. The highest BCUT2D eigenvalue weighted by atomic mass is 16.2. The van der Waals surface area contributed by atoms with Gasteiger partial charge >= 0.3 is 0 Å². The molecule has 1 aliphatic heterocycles. The van der Waals surface area contributed by atoms with Crippen molar-refractivity contribution in [1.29, 1.82) is 0 Å². The number of nitrogens with one attached hydrogen (secondary N) is 1. The topological polar surface area (TPSA) is 75.2 Å². The minimum atomic E-state index is -0.319. The number of carbonyl (C=O) groups excluding carboxylic acids is 1. The maximum absolute atomic E-state index is 12.8. The highest BCUT2D eigenvalue weighted by Gasteiger charge is 2.29. The maximum atomic E-state index is 12.8. The van der Waals surface area contributed by atoms with Crippen molar-refractivity contribution < 1.29 is 4.79 Å². The van der Waals surface area contributed by atoms with Crippen LogP contribution in [0.25, 0.3) is 10.8 Å². The van der Waals surface area contributed by atoms with Crippen molar-refractivity contribution in [2.45, 2.75) is 31.8 Å². The average molecular weight is 363 g/mol. The van der Waals surface area contributed by atoms with E-state index in [9.17, 15) is 14.4 Å². The molecule has 0 spiro atoms. The third kappa shape index (κ3) is 3.30. The van der Waals surface area contributed by atoms with Gasteiger partial charge in [-0.25, -0.2) is 4.68 Å². The average Bonchev–Trinajstić information content (AvgIpc) is 3.20. The van der Waals surface area contributed by atoms with Crippen LogP contribution >= 0.6 is 0 Å². The monoisotopic (exact) mass is 363 g/mol. The van der Waals surface area contributed by atoms with Gasteiger partial charge in [0.1, 0.15) is 0 Å². The van der Waals surface area contributed by atoms with Crippen molar-refractivity contribution in [2.75, 3.05) is 6.54 Å². The molecule has 1 amide bonds. The molecule has 3 aromatic rings. The van der Waals surface area contributed by atoms with Crippen LogP contribution in [0.5, 0.6) is 0 Å². The Kier molecular flexibility index (Phi) is 4.62. The normalized spacial score (nSPS) is 16.7. The summed E-state index contributed by atoms with van der Waals surface area (Å²) in [7, 11) is 0. The van der Waals surface area contributed by atoms with Gasteiger partial charge < -0.3 is 4.90 Å². The van der Waals surface area contributed by atoms with E-state index >= 15 is 0 Å². The van der Waals surface area contributed by atoms with E-state index in [2.05, 4.69) is 5.10 Å². The van der Waals surface area contributed by atoms with Gasteiger partial charge in [-0.05, 0) is 30.5 Å². The van der Waals surface area contributed by atoms with Crippen LogP contribution in [0.2, 0.25) is 0 Å². The maximum Gasteiger partial charge on any atom is 0.273 e. The van der Waals surface area contributed by atoms with Gasteiger partial charge in [0, 0.05) is 13.0 Å². The summed E-state index contributed by atoms with van der Waals surface area (Å²) in [5.74, 6) is 0.00209. The SMILES string of the molecule is O=C(CCn1[nH]c(=O)c2ccccc2c1=O)N1CCC[C@@H]1c1ccccc1. The van der Waals surface area contributed by atoms with Gasteiger partial charge in [-0.1, -0.05) is 42.5 Å². The molecule has 1 saturated heterocycles. The zero-order chi connectivity index (χ0) is 18.8. The van der Waals surface area contributed by atoms with E-state index in [0.29, 0.717) is 10.8 Å². The van der Waals surface area contributed by atoms with Crippen LogP contribution < -0.4 is 11.1 Å². The van der Waals surface area contributed by atoms with E-state index in [0.717, 1.165) is 24.9 Å². The van der Waals surface area contributed by atoms with E-state index in [1.165, 1.54) is 4.68 Å². The number of benzene rings is 2. The van der Waals surface area contributed by atoms with Gasteiger partial charge in [-0.2, -0.15) is 0 Å². The molecule has 1 atom stereocenters. The fraction of sp³-hybridized carbons (Fsp3) is 0.286. The Hall–Kier alpha value is -3.15. The molecule has 2 aromatic carbocycles. The fourth-order valence-electron chi connectivity index (χ4n) is 3.84. The van der Waals surface area contributed by atoms with Crippen molar-refractivity contribution in [3.63, 3.8) is 0 Å². The second kappa shape index (κ2) is 7.23. The Labute approximate surface area is 156 Å². The third-order valence-corrected chi connectivity index (χ3v) is 5.19. The lowest BCUT2D eigenvalue weighted by Gasteiger charge is -2.25. The fourth-order valence-corrected chi connectivity index (χ4v) is 3.84. The Bertz CT molecular complexity index is 1090. The molecule has 1 aromatic heterocycles. The van der Waals surface area contributed by atoms with Crippen LogP contribution in [0.3, 0.4) is 0 Å². The molecule has 138 valence electrons. The number of aromatic nitrogens is 2.